The van der Waals surface area contributed by atoms with Crippen molar-refractivity contribution in [1.29, 1.82) is 0 Å². The summed E-state index contributed by atoms with van der Waals surface area (Å²) in [6.07, 6.45) is 2.93. The van der Waals surface area contributed by atoms with Gasteiger partial charge in [0.05, 0.1) is 4.92 Å². The second-order valence-electron chi connectivity index (χ2n) is 5.81. The standard InChI is InChI=1S/C16H18ClN5O2/c17-16-18-10-14(22(23)24)15(20-16)19-13-6-8-21(9-7-13)11-12-4-2-1-3-5-12/h1-5,10,13H,6-9,11H2,(H,18,19,20). The van der Waals surface area contributed by atoms with Crippen LogP contribution in [0.3, 0.4) is 0 Å². The zero-order valence-corrected chi connectivity index (χ0v) is 13.8. The van der Waals surface area contributed by atoms with E-state index in [2.05, 4.69) is 32.3 Å². The molecule has 1 N–H and O–H groups in total. The lowest BCUT2D eigenvalue weighted by Gasteiger charge is -2.32. The molecule has 2 heterocycles. The molecule has 0 aliphatic carbocycles. The van der Waals surface area contributed by atoms with Gasteiger partial charge in [0.15, 0.2) is 0 Å². The molecule has 0 bridgehead atoms. The Hall–Kier alpha value is -2.25. The van der Waals surface area contributed by atoms with E-state index in [1.165, 1.54) is 5.56 Å². The molecule has 24 heavy (non-hydrogen) atoms. The van der Waals surface area contributed by atoms with Crippen molar-refractivity contribution in [2.24, 2.45) is 0 Å². The quantitative estimate of drug-likeness (QED) is 0.508. The Morgan fingerprint density at radius 2 is 2.00 bits per heavy atom. The monoisotopic (exact) mass is 347 g/mol. The van der Waals surface area contributed by atoms with Gasteiger partial charge in [0.25, 0.3) is 0 Å². The minimum Gasteiger partial charge on any atom is -0.361 e. The summed E-state index contributed by atoms with van der Waals surface area (Å²) in [6, 6.07) is 10.5. The van der Waals surface area contributed by atoms with Crippen LogP contribution in [0.1, 0.15) is 18.4 Å². The number of nitrogens with zero attached hydrogens (tertiary/aromatic N) is 4. The molecule has 7 nitrogen and oxygen atoms in total. The first-order valence-corrected chi connectivity index (χ1v) is 8.19. The second-order valence-corrected chi connectivity index (χ2v) is 6.15. The topological polar surface area (TPSA) is 84.2 Å². The average Bonchev–Trinajstić information content (AvgIpc) is 2.57. The maximum Gasteiger partial charge on any atom is 0.329 e. The largest absolute Gasteiger partial charge is 0.361 e. The summed E-state index contributed by atoms with van der Waals surface area (Å²) in [5.74, 6) is 0.196. The molecule has 8 heteroatoms. The van der Waals surface area contributed by atoms with E-state index in [0.29, 0.717) is 0 Å². The molecule has 1 aromatic carbocycles. The van der Waals surface area contributed by atoms with Gasteiger partial charge in [0.1, 0.15) is 6.20 Å². The molecule has 0 amide bonds. The maximum absolute atomic E-state index is 11.1. The van der Waals surface area contributed by atoms with E-state index in [0.717, 1.165) is 38.7 Å². The van der Waals surface area contributed by atoms with Crippen LogP contribution >= 0.6 is 11.6 Å². The van der Waals surface area contributed by atoms with Gasteiger partial charge >= 0.3 is 5.69 Å². The van der Waals surface area contributed by atoms with Crippen LogP contribution in [-0.2, 0) is 6.54 Å². The lowest BCUT2D eigenvalue weighted by Crippen LogP contribution is -2.38. The van der Waals surface area contributed by atoms with E-state index < -0.39 is 4.92 Å². The third-order valence-electron chi connectivity index (χ3n) is 4.11. The number of nitro groups is 1. The van der Waals surface area contributed by atoms with Gasteiger partial charge in [0, 0.05) is 25.7 Å². The summed E-state index contributed by atoms with van der Waals surface area (Å²) < 4.78 is 0. The van der Waals surface area contributed by atoms with Gasteiger partial charge in [-0.2, -0.15) is 4.98 Å². The molecular weight excluding hydrogens is 330 g/mol. The van der Waals surface area contributed by atoms with Gasteiger partial charge in [-0.1, -0.05) is 30.3 Å². The van der Waals surface area contributed by atoms with E-state index in [1.54, 1.807) is 0 Å². The van der Waals surface area contributed by atoms with Crippen molar-refractivity contribution in [3.8, 4) is 0 Å². The lowest BCUT2D eigenvalue weighted by molar-refractivity contribution is -0.384. The second kappa shape index (κ2) is 7.55. The van der Waals surface area contributed by atoms with Crippen molar-refractivity contribution in [3.05, 3.63) is 57.5 Å². The normalized spacial score (nSPS) is 16.0. The number of piperidine rings is 1. The maximum atomic E-state index is 11.1. The molecule has 0 unspecified atom stereocenters. The number of hydrogen-bond acceptors (Lipinski definition) is 6. The summed E-state index contributed by atoms with van der Waals surface area (Å²) in [5, 5.41) is 14.2. The zero-order chi connectivity index (χ0) is 16.9. The van der Waals surface area contributed by atoms with Crippen LogP contribution in [0.2, 0.25) is 5.28 Å². The van der Waals surface area contributed by atoms with Gasteiger partial charge < -0.3 is 5.32 Å². The van der Waals surface area contributed by atoms with Gasteiger partial charge in [-0.3, -0.25) is 15.0 Å². The first-order valence-electron chi connectivity index (χ1n) is 7.81. The smallest absolute Gasteiger partial charge is 0.329 e. The fraction of sp³-hybridized carbons (Fsp3) is 0.375. The molecule has 0 saturated carbocycles. The summed E-state index contributed by atoms with van der Waals surface area (Å²) >= 11 is 5.76. The highest BCUT2D eigenvalue weighted by Gasteiger charge is 2.23. The Kier molecular flexibility index (Phi) is 5.22. The number of nitrogens with one attached hydrogen (secondary N) is 1. The molecular formula is C16H18ClN5O2. The van der Waals surface area contributed by atoms with Crippen LogP contribution in [0.4, 0.5) is 11.5 Å². The minimum atomic E-state index is -0.497. The van der Waals surface area contributed by atoms with E-state index in [-0.39, 0.29) is 22.8 Å². The molecule has 1 aromatic heterocycles. The Morgan fingerprint density at radius 3 is 2.67 bits per heavy atom. The predicted molar refractivity (Wildman–Crippen MR) is 92.1 cm³/mol. The average molecular weight is 348 g/mol. The van der Waals surface area contributed by atoms with Crippen LogP contribution < -0.4 is 5.32 Å². The van der Waals surface area contributed by atoms with E-state index in [4.69, 9.17) is 11.6 Å². The van der Waals surface area contributed by atoms with E-state index >= 15 is 0 Å². The van der Waals surface area contributed by atoms with Crippen molar-refractivity contribution >= 4 is 23.1 Å². The first-order chi connectivity index (χ1) is 11.6. The molecule has 1 aliphatic heterocycles. The first kappa shape index (κ1) is 16.6. The summed E-state index contributed by atoms with van der Waals surface area (Å²) in [5.41, 5.74) is 1.15. The van der Waals surface area contributed by atoms with Crippen molar-refractivity contribution < 1.29 is 4.92 Å². The number of halogens is 1. The summed E-state index contributed by atoms with van der Waals surface area (Å²) in [4.78, 5) is 20.6. The third-order valence-corrected chi connectivity index (χ3v) is 4.30. The highest BCUT2D eigenvalue weighted by Crippen LogP contribution is 2.25. The van der Waals surface area contributed by atoms with Gasteiger partial charge in [-0.25, -0.2) is 4.98 Å². The zero-order valence-electron chi connectivity index (χ0n) is 13.1. The molecule has 126 valence electrons. The Labute approximate surface area is 144 Å². The molecule has 0 spiro atoms. The highest BCUT2D eigenvalue weighted by atomic mass is 35.5. The van der Waals surface area contributed by atoms with Crippen molar-refractivity contribution in [2.45, 2.75) is 25.4 Å². The highest BCUT2D eigenvalue weighted by molar-refractivity contribution is 6.28. The number of rotatable bonds is 5. The molecule has 3 rings (SSSR count). The van der Waals surface area contributed by atoms with Gasteiger partial charge in [0.2, 0.25) is 11.1 Å². The van der Waals surface area contributed by atoms with Crippen LogP contribution in [0.25, 0.3) is 0 Å². The number of aromatic nitrogens is 2. The fourth-order valence-electron chi connectivity index (χ4n) is 2.86. The van der Waals surface area contributed by atoms with Crippen molar-refractivity contribution in [2.75, 3.05) is 18.4 Å². The van der Waals surface area contributed by atoms with E-state index in [9.17, 15) is 10.1 Å². The van der Waals surface area contributed by atoms with Crippen LogP contribution in [0.15, 0.2) is 36.5 Å². The number of benzene rings is 1. The van der Waals surface area contributed by atoms with Gasteiger partial charge in [-0.05, 0) is 30.0 Å². The molecule has 0 atom stereocenters. The van der Waals surface area contributed by atoms with Crippen LogP contribution in [0.5, 0.6) is 0 Å². The minimum absolute atomic E-state index is 0.00427. The molecule has 2 aromatic rings. The summed E-state index contributed by atoms with van der Waals surface area (Å²) in [6.45, 7) is 2.78. The van der Waals surface area contributed by atoms with Crippen molar-refractivity contribution in [1.82, 2.24) is 14.9 Å². The Bertz CT molecular complexity index is 705. The Balaban J connectivity index is 1.58. The lowest BCUT2D eigenvalue weighted by atomic mass is 10.0. The van der Waals surface area contributed by atoms with Crippen LogP contribution in [-0.4, -0.2) is 38.9 Å². The molecule has 1 fully saturated rings. The third kappa shape index (κ3) is 4.18. The summed E-state index contributed by atoms with van der Waals surface area (Å²) in [7, 11) is 0. The van der Waals surface area contributed by atoms with Gasteiger partial charge in [-0.15, -0.1) is 0 Å². The fourth-order valence-corrected chi connectivity index (χ4v) is 3.00. The predicted octanol–water partition coefficient (Wildman–Crippen LogP) is 3.11. The number of likely N-dealkylation sites (tertiary alicyclic amines) is 1. The van der Waals surface area contributed by atoms with E-state index in [1.807, 2.05) is 18.2 Å². The number of anilines is 1. The van der Waals surface area contributed by atoms with Crippen molar-refractivity contribution in [3.63, 3.8) is 0 Å². The molecule has 0 radical (unpaired) electrons. The van der Waals surface area contributed by atoms with Crippen LogP contribution in [0, 0.1) is 10.1 Å². The molecule has 1 aliphatic rings. The molecule has 1 saturated heterocycles. The SMILES string of the molecule is O=[N+]([O-])c1cnc(Cl)nc1NC1CCN(Cc2ccccc2)CC1. The number of hydrogen-bond donors (Lipinski definition) is 1. The Morgan fingerprint density at radius 1 is 1.29 bits per heavy atom.